The normalized spacial score (nSPS) is 14.9. The molecule has 1 amide bonds. The number of anilines is 2. The molecule has 0 fully saturated rings. The number of H-pyrrole nitrogens is 2. The lowest BCUT2D eigenvalue weighted by atomic mass is 9.83. The summed E-state index contributed by atoms with van der Waals surface area (Å²) in [6.45, 7) is 2.93. The Bertz CT molecular complexity index is 3120. The molecule has 0 unspecified atom stereocenters. The molecule has 0 saturated heterocycles. The molecule has 1 aliphatic heterocycles. The van der Waals surface area contributed by atoms with Crippen molar-refractivity contribution >= 4 is 61.7 Å². The topological polar surface area (TPSA) is 174 Å². The number of carbonyl (C=O) groups is 1. The van der Waals surface area contributed by atoms with Crippen molar-refractivity contribution in [3.05, 3.63) is 170 Å². The molecule has 5 aromatic carbocycles. The maximum absolute atomic E-state index is 14.7. The smallest absolute Gasteiger partial charge is 0.272 e. The molecule has 8 aromatic rings. The number of benzene rings is 5. The van der Waals surface area contributed by atoms with Gasteiger partial charge in [0, 0.05) is 29.2 Å². The molecule has 17 heteroatoms. The second-order valence-corrected chi connectivity index (χ2v) is 15.8. The molecule has 9 rings (SSSR count). The largest absolute Gasteiger partial charge is 0.491 e. The van der Waals surface area contributed by atoms with Gasteiger partial charge in [-0.05, 0) is 100 Å². The summed E-state index contributed by atoms with van der Waals surface area (Å²) in [4.78, 5) is 29.9. The third kappa shape index (κ3) is 9.09. The summed E-state index contributed by atoms with van der Waals surface area (Å²) in [7, 11) is 1.77. The van der Waals surface area contributed by atoms with E-state index in [0.29, 0.717) is 58.7 Å². The number of rotatable bonds is 16. The Labute approximate surface area is 375 Å². The van der Waals surface area contributed by atoms with E-state index in [9.17, 15) is 18.4 Å². The highest BCUT2D eigenvalue weighted by molar-refractivity contribution is 6.32. The maximum atomic E-state index is 14.7. The number of allylic oxidation sites excluding steroid dienone is 1. The van der Waals surface area contributed by atoms with Crippen LogP contribution in [0.15, 0.2) is 114 Å². The van der Waals surface area contributed by atoms with Gasteiger partial charge in [-0.3, -0.25) is 19.4 Å². The molecule has 1 aliphatic rings. The number of hydrogen-bond donors (Lipinski definition) is 4. The number of fused-ring (bicyclic) bond motifs is 1. The predicted octanol–water partition coefficient (Wildman–Crippen LogP) is 8.58. The summed E-state index contributed by atoms with van der Waals surface area (Å²) in [5.74, 6) is -0.524. The molecular formula is C48H42ClF2N9O5. The lowest BCUT2D eigenvalue weighted by Gasteiger charge is -2.33. The van der Waals surface area contributed by atoms with E-state index in [1.54, 1.807) is 36.1 Å². The third-order valence-electron chi connectivity index (χ3n) is 11.3. The first-order valence-corrected chi connectivity index (χ1v) is 21.3. The van der Waals surface area contributed by atoms with Crippen molar-refractivity contribution in [3.63, 3.8) is 0 Å². The van der Waals surface area contributed by atoms with Gasteiger partial charge in [-0.25, -0.2) is 18.9 Å². The molecular weight excluding hydrogens is 856 g/mol. The number of nitrogens with one attached hydrogen (secondary N) is 4. The minimum absolute atomic E-state index is 0.178. The molecule has 65 heavy (non-hydrogen) atoms. The van der Waals surface area contributed by atoms with Crippen LogP contribution in [0.4, 0.5) is 20.2 Å². The van der Waals surface area contributed by atoms with Crippen molar-refractivity contribution in [2.45, 2.75) is 25.3 Å². The Hall–Kier alpha value is -7.27. The minimum atomic E-state index is -0.555. The van der Waals surface area contributed by atoms with Gasteiger partial charge in [-0.2, -0.15) is 15.3 Å². The minimum Gasteiger partial charge on any atom is -0.491 e. The Morgan fingerprint density at radius 2 is 1.66 bits per heavy atom. The van der Waals surface area contributed by atoms with Crippen LogP contribution in [0.1, 0.15) is 59.1 Å². The maximum Gasteiger partial charge on any atom is 0.272 e. The van der Waals surface area contributed by atoms with Gasteiger partial charge in [0.15, 0.2) is 0 Å². The number of nitrogens with zero attached hydrogens (tertiary/aromatic N) is 5. The molecule has 0 bridgehead atoms. The van der Waals surface area contributed by atoms with E-state index in [0.717, 1.165) is 44.3 Å². The first kappa shape index (κ1) is 43.0. The van der Waals surface area contributed by atoms with Gasteiger partial charge >= 0.3 is 0 Å². The number of aryl methyl sites for hydroxylation is 1. The standard InChI is InChI=1S/C48H42ClF2N9O5/c1-3-35(36-14-9-31(50)22-38(36)49)42(29-8-15-39-30(20-29)24-53-57-39)27-6-12-34(13-7-27)65-19-18-63-16-17-64-25-41(61)55-33-10-4-28(5-11-33)45-44(47-52-26-54-60(47)2)46-43-37(48(62)59-58-46)21-32(51)23-40(43)56-45/h4-15,20-24,26,44-45,56H,3,16-19,25H2,1-2H3,(H,53,57)(H,55,61)(H,59,62)/b42-35+/t44-,45-/m1/s1. The Balaban J connectivity index is 0.758. The van der Waals surface area contributed by atoms with Crippen LogP contribution in [0.5, 0.6) is 5.75 Å². The molecule has 2 atom stereocenters. The van der Waals surface area contributed by atoms with Crippen LogP contribution < -0.4 is 20.9 Å². The third-order valence-corrected chi connectivity index (χ3v) is 11.6. The highest BCUT2D eigenvalue weighted by atomic mass is 35.5. The second-order valence-electron chi connectivity index (χ2n) is 15.4. The first-order chi connectivity index (χ1) is 31.6. The van der Waals surface area contributed by atoms with Crippen molar-refractivity contribution in [1.82, 2.24) is 35.2 Å². The van der Waals surface area contributed by atoms with Crippen LogP contribution in [0.2, 0.25) is 5.02 Å². The van der Waals surface area contributed by atoms with Gasteiger partial charge in [0.2, 0.25) is 5.91 Å². The van der Waals surface area contributed by atoms with Crippen molar-refractivity contribution < 1.29 is 27.8 Å². The summed E-state index contributed by atoms with van der Waals surface area (Å²) in [5.41, 5.74) is 7.38. The molecule has 4 heterocycles. The highest BCUT2D eigenvalue weighted by Gasteiger charge is 2.38. The Morgan fingerprint density at radius 3 is 2.43 bits per heavy atom. The summed E-state index contributed by atoms with van der Waals surface area (Å²) < 4.78 is 47.5. The first-order valence-electron chi connectivity index (χ1n) is 20.9. The number of amides is 1. The average Bonchev–Trinajstić information content (AvgIpc) is 3.96. The van der Waals surface area contributed by atoms with Crippen LogP contribution in [0.25, 0.3) is 32.8 Å². The fraction of sp³-hybridized carbons (Fsp3) is 0.208. The Morgan fingerprint density at radius 1 is 0.877 bits per heavy atom. The van der Waals surface area contributed by atoms with Crippen LogP contribution >= 0.6 is 11.6 Å². The van der Waals surface area contributed by atoms with Gasteiger partial charge < -0.3 is 24.8 Å². The van der Waals surface area contributed by atoms with Crippen molar-refractivity contribution in [2.24, 2.45) is 7.05 Å². The van der Waals surface area contributed by atoms with Gasteiger partial charge in [0.1, 0.15) is 42.7 Å². The summed E-state index contributed by atoms with van der Waals surface area (Å²) >= 11 is 6.58. The molecule has 0 saturated carbocycles. The van der Waals surface area contributed by atoms with Gasteiger partial charge in [0.25, 0.3) is 5.56 Å². The van der Waals surface area contributed by atoms with E-state index in [1.807, 2.05) is 55.5 Å². The number of hydrogen-bond acceptors (Lipinski definition) is 10. The fourth-order valence-electron chi connectivity index (χ4n) is 8.31. The van der Waals surface area contributed by atoms with Crippen LogP contribution in [0, 0.1) is 11.6 Å². The number of aromatic amines is 2. The zero-order valence-electron chi connectivity index (χ0n) is 35.2. The highest BCUT2D eigenvalue weighted by Crippen LogP contribution is 2.46. The SMILES string of the molecule is CC/C(=C(/c1ccc(OCCOCCOCC(=O)Nc2ccc([C@H]3Nc4cc(F)cc5c(=O)[nH]nc(c45)[C@@H]3c3ncnn3C)cc2)cc1)c1ccc2[nH]ncc2c1)c1ccc(F)cc1Cl. The van der Waals surface area contributed by atoms with Crippen LogP contribution in [0.3, 0.4) is 0 Å². The molecule has 14 nitrogen and oxygen atoms in total. The molecule has 3 aromatic heterocycles. The van der Waals surface area contributed by atoms with Gasteiger partial charge in [-0.15, -0.1) is 0 Å². The van der Waals surface area contributed by atoms with Crippen molar-refractivity contribution in [1.29, 1.82) is 0 Å². The van der Waals surface area contributed by atoms with Crippen LogP contribution in [-0.4, -0.2) is 74.1 Å². The molecule has 0 aliphatic carbocycles. The summed E-state index contributed by atoms with van der Waals surface area (Å²) in [6.07, 6.45) is 3.87. The van der Waals surface area contributed by atoms with E-state index < -0.39 is 29.2 Å². The van der Waals surface area contributed by atoms with E-state index in [1.165, 1.54) is 30.6 Å². The number of carbonyl (C=O) groups excluding carboxylic acids is 1. The molecule has 330 valence electrons. The van der Waals surface area contributed by atoms with E-state index in [-0.39, 0.29) is 31.1 Å². The molecule has 4 N–H and O–H groups in total. The lowest BCUT2D eigenvalue weighted by Crippen LogP contribution is -2.30. The summed E-state index contributed by atoms with van der Waals surface area (Å²) in [6, 6.07) is 27.6. The monoisotopic (exact) mass is 897 g/mol. The lowest BCUT2D eigenvalue weighted by molar-refractivity contribution is -0.121. The zero-order valence-corrected chi connectivity index (χ0v) is 36.0. The van der Waals surface area contributed by atoms with E-state index in [4.69, 9.17) is 25.8 Å². The number of ether oxygens (including phenoxy) is 3. The molecule has 0 spiro atoms. The number of halogens is 3. The summed E-state index contributed by atoms with van der Waals surface area (Å²) in [5, 5.41) is 26.6. The van der Waals surface area contributed by atoms with E-state index >= 15 is 0 Å². The van der Waals surface area contributed by atoms with Crippen molar-refractivity contribution in [2.75, 3.05) is 43.7 Å². The van der Waals surface area contributed by atoms with E-state index in [2.05, 4.69) is 47.2 Å². The second kappa shape index (κ2) is 18.8. The zero-order chi connectivity index (χ0) is 45.0. The fourth-order valence-corrected chi connectivity index (χ4v) is 8.59. The number of aromatic nitrogens is 7. The van der Waals surface area contributed by atoms with Crippen LogP contribution in [-0.2, 0) is 21.3 Å². The van der Waals surface area contributed by atoms with Crippen molar-refractivity contribution in [3.8, 4) is 5.75 Å². The molecule has 0 radical (unpaired) electrons. The quantitative estimate of drug-likeness (QED) is 0.0544. The average molecular weight is 898 g/mol. The predicted molar refractivity (Wildman–Crippen MR) is 244 cm³/mol. The Kier molecular flexibility index (Phi) is 12.5. The van der Waals surface area contributed by atoms with Gasteiger partial charge in [0.05, 0.1) is 59.6 Å². The van der Waals surface area contributed by atoms with Gasteiger partial charge in [-0.1, -0.05) is 54.9 Å².